The fraction of sp³-hybridized carbons (Fsp3) is 0.640. The van der Waals surface area contributed by atoms with Crippen molar-refractivity contribution in [2.24, 2.45) is 5.41 Å². The lowest BCUT2D eigenvalue weighted by Gasteiger charge is -2.46. The number of benzene rings is 1. The van der Waals surface area contributed by atoms with E-state index in [1.54, 1.807) is 0 Å². The first-order valence-electron chi connectivity index (χ1n) is 11.1. The van der Waals surface area contributed by atoms with E-state index in [0.29, 0.717) is 6.54 Å². The van der Waals surface area contributed by atoms with Gasteiger partial charge in [-0.05, 0) is 87.3 Å². The summed E-state index contributed by atoms with van der Waals surface area (Å²) in [5.41, 5.74) is 8.65. The van der Waals surface area contributed by atoms with E-state index >= 15 is 0 Å². The molecule has 1 aliphatic rings. The van der Waals surface area contributed by atoms with E-state index in [1.807, 2.05) is 18.7 Å². The fourth-order valence-corrected chi connectivity index (χ4v) is 4.55. The van der Waals surface area contributed by atoms with Gasteiger partial charge in [-0.25, -0.2) is 4.98 Å². The average Bonchev–Trinajstić information content (AvgIpc) is 3.24. The van der Waals surface area contributed by atoms with Gasteiger partial charge in [0, 0.05) is 24.2 Å². The smallest absolute Gasteiger partial charge is 0.186 e. The summed E-state index contributed by atoms with van der Waals surface area (Å²) in [6.07, 6.45) is 9.63. The standard InChI is InChI=1S/C25H38N2O2/c1-8-24(9-2)15-28-25(29-16-24,14-27-13-12-26-17-27)11-10-23-21(6)19(4)18(3)20(5)22(23)7/h12-13,17H,8-11,14-16H2,1-7H3. The van der Waals surface area contributed by atoms with Crippen LogP contribution in [0.25, 0.3) is 0 Å². The summed E-state index contributed by atoms with van der Waals surface area (Å²) in [5.74, 6) is -0.597. The highest BCUT2D eigenvalue weighted by Gasteiger charge is 2.43. The molecule has 160 valence electrons. The minimum atomic E-state index is -0.597. The van der Waals surface area contributed by atoms with Gasteiger partial charge in [-0.3, -0.25) is 0 Å². The summed E-state index contributed by atoms with van der Waals surface area (Å²) in [4.78, 5) is 4.21. The second kappa shape index (κ2) is 8.61. The molecule has 0 bridgehead atoms. The molecule has 1 aliphatic heterocycles. The summed E-state index contributed by atoms with van der Waals surface area (Å²) >= 11 is 0. The monoisotopic (exact) mass is 398 g/mol. The Kier molecular flexibility index (Phi) is 6.54. The third-order valence-corrected chi connectivity index (χ3v) is 7.68. The van der Waals surface area contributed by atoms with Gasteiger partial charge >= 0.3 is 0 Å². The third-order valence-electron chi connectivity index (χ3n) is 7.68. The molecular weight excluding hydrogens is 360 g/mol. The van der Waals surface area contributed by atoms with Gasteiger partial charge in [-0.15, -0.1) is 0 Å². The van der Waals surface area contributed by atoms with Crippen LogP contribution in [-0.2, 0) is 22.4 Å². The van der Waals surface area contributed by atoms with Crippen molar-refractivity contribution >= 4 is 0 Å². The van der Waals surface area contributed by atoms with E-state index in [1.165, 1.54) is 33.4 Å². The largest absolute Gasteiger partial charge is 0.347 e. The molecule has 29 heavy (non-hydrogen) atoms. The zero-order valence-electron chi connectivity index (χ0n) is 19.4. The molecule has 2 heterocycles. The van der Waals surface area contributed by atoms with Crippen LogP contribution in [0.3, 0.4) is 0 Å². The van der Waals surface area contributed by atoms with Gasteiger partial charge in [0.2, 0.25) is 0 Å². The van der Waals surface area contributed by atoms with Crippen molar-refractivity contribution in [1.29, 1.82) is 0 Å². The maximum atomic E-state index is 6.55. The summed E-state index contributed by atoms with van der Waals surface area (Å²) in [5, 5.41) is 0. The topological polar surface area (TPSA) is 36.3 Å². The minimum Gasteiger partial charge on any atom is -0.347 e. The van der Waals surface area contributed by atoms with Crippen LogP contribution in [0.4, 0.5) is 0 Å². The zero-order chi connectivity index (χ0) is 21.2. The van der Waals surface area contributed by atoms with Crippen molar-refractivity contribution in [3.63, 3.8) is 0 Å². The fourth-order valence-electron chi connectivity index (χ4n) is 4.55. The summed E-state index contributed by atoms with van der Waals surface area (Å²) in [6.45, 7) is 17.9. The lowest BCUT2D eigenvalue weighted by molar-refractivity contribution is -0.313. The van der Waals surface area contributed by atoms with Gasteiger partial charge < -0.3 is 14.0 Å². The van der Waals surface area contributed by atoms with E-state index in [4.69, 9.17) is 9.47 Å². The zero-order valence-corrected chi connectivity index (χ0v) is 19.4. The van der Waals surface area contributed by atoms with Crippen LogP contribution in [0.1, 0.15) is 66.5 Å². The van der Waals surface area contributed by atoms with Crippen molar-refractivity contribution in [3.05, 3.63) is 52.1 Å². The number of ether oxygens (including phenoxy) is 2. The molecular formula is C25H38N2O2. The van der Waals surface area contributed by atoms with Crippen LogP contribution in [0.2, 0.25) is 0 Å². The summed E-state index contributed by atoms with van der Waals surface area (Å²) < 4.78 is 15.2. The molecule has 1 aromatic heterocycles. The van der Waals surface area contributed by atoms with Crippen LogP contribution >= 0.6 is 0 Å². The number of hydrogen-bond acceptors (Lipinski definition) is 3. The molecule has 0 aliphatic carbocycles. The van der Waals surface area contributed by atoms with Crippen LogP contribution < -0.4 is 0 Å². The maximum Gasteiger partial charge on any atom is 0.186 e. The Bertz CT molecular complexity index is 796. The summed E-state index contributed by atoms with van der Waals surface area (Å²) in [7, 11) is 0. The Morgan fingerprint density at radius 3 is 1.93 bits per heavy atom. The van der Waals surface area contributed by atoms with E-state index < -0.39 is 5.79 Å². The SMILES string of the molecule is CCC1(CC)COC(CCc2c(C)c(C)c(C)c(C)c2C)(Cn2ccnc2)OC1. The Labute approximate surface area is 176 Å². The molecule has 0 saturated carbocycles. The molecule has 4 heteroatoms. The number of rotatable bonds is 7. The first-order chi connectivity index (χ1) is 13.8. The normalized spacial score (nSPS) is 18.2. The Hall–Kier alpha value is -1.65. The highest BCUT2D eigenvalue weighted by atomic mass is 16.7. The number of imidazole rings is 1. The molecule has 4 nitrogen and oxygen atoms in total. The number of nitrogens with zero attached hydrogens (tertiary/aromatic N) is 2. The molecule has 0 spiro atoms. The quantitative estimate of drug-likeness (QED) is 0.608. The highest BCUT2D eigenvalue weighted by Crippen LogP contribution is 2.39. The van der Waals surface area contributed by atoms with Gasteiger partial charge in [0.15, 0.2) is 5.79 Å². The second-order valence-corrected chi connectivity index (χ2v) is 9.03. The van der Waals surface area contributed by atoms with Crippen LogP contribution in [0.5, 0.6) is 0 Å². The van der Waals surface area contributed by atoms with Crippen molar-refractivity contribution in [2.75, 3.05) is 13.2 Å². The van der Waals surface area contributed by atoms with Crippen LogP contribution in [-0.4, -0.2) is 28.6 Å². The molecule has 0 N–H and O–H groups in total. The molecule has 1 aromatic carbocycles. The average molecular weight is 399 g/mol. The predicted molar refractivity (Wildman–Crippen MR) is 118 cm³/mol. The molecule has 1 fully saturated rings. The molecule has 0 unspecified atom stereocenters. The Morgan fingerprint density at radius 2 is 1.45 bits per heavy atom. The molecule has 0 atom stereocenters. The van der Waals surface area contributed by atoms with Crippen LogP contribution in [0, 0.1) is 40.0 Å². The third kappa shape index (κ3) is 4.29. The molecule has 0 amide bonds. The van der Waals surface area contributed by atoms with Gasteiger partial charge in [-0.1, -0.05) is 13.8 Å². The highest BCUT2D eigenvalue weighted by molar-refractivity contribution is 5.49. The van der Waals surface area contributed by atoms with Crippen molar-refractivity contribution in [2.45, 2.75) is 86.5 Å². The lowest BCUT2D eigenvalue weighted by Crippen LogP contribution is -2.51. The molecule has 2 aromatic rings. The van der Waals surface area contributed by atoms with Crippen molar-refractivity contribution in [3.8, 4) is 0 Å². The molecule has 3 rings (SSSR count). The van der Waals surface area contributed by atoms with Gasteiger partial charge in [0.1, 0.15) is 0 Å². The maximum absolute atomic E-state index is 6.55. The number of aromatic nitrogens is 2. The van der Waals surface area contributed by atoms with Gasteiger partial charge in [0.05, 0.1) is 26.1 Å². The minimum absolute atomic E-state index is 0.140. The Morgan fingerprint density at radius 1 is 0.897 bits per heavy atom. The number of hydrogen-bond donors (Lipinski definition) is 0. The van der Waals surface area contributed by atoms with Crippen molar-refractivity contribution < 1.29 is 9.47 Å². The van der Waals surface area contributed by atoms with E-state index in [2.05, 4.69) is 58.0 Å². The summed E-state index contributed by atoms with van der Waals surface area (Å²) in [6, 6.07) is 0. The van der Waals surface area contributed by atoms with Crippen LogP contribution in [0.15, 0.2) is 18.7 Å². The van der Waals surface area contributed by atoms with E-state index in [0.717, 1.165) is 38.9 Å². The lowest BCUT2D eigenvalue weighted by atomic mass is 9.82. The van der Waals surface area contributed by atoms with E-state index in [-0.39, 0.29) is 5.41 Å². The predicted octanol–water partition coefficient (Wildman–Crippen LogP) is 5.61. The molecule has 0 radical (unpaired) electrons. The Balaban J connectivity index is 1.86. The van der Waals surface area contributed by atoms with Gasteiger partial charge in [0.25, 0.3) is 0 Å². The molecule has 1 saturated heterocycles. The van der Waals surface area contributed by atoms with E-state index in [9.17, 15) is 0 Å². The first-order valence-corrected chi connectivity index (χ1v) is 11.1. The second-order valence-electron chi connectivity index (χ2n) is 9.03. The van der Waals surface area contributed by atoms with Crippen molar-refractivity contribution in [1.82, 2.24) is 9.55 Å². The van der Waals surface area contributed by atoms with Gasteiger partial charge in [-0.2, -0.15) is 0 Å². The first kappa shape index (κ1) is 22.0.